The first kappa shape index (κ1) is 28.2. The molecule has 0 heterocycles. The molecule has 6 heteroatoms. The van der Waals surface area contributed by atoms with Gasteiger partial charge >= 0.3 is 5.97 Å². The first-order valence-corrected chi connectivity index (χ1v) is 15.0. The number of carboxylic acids is 1. The summed E-state index contributed by atoms with van der Waals surface area (Å²) in [7, 11) is 0. The van der Waals surface area contributed by atoms with E-state index in [1.807, 2.05) is 62.4 Å². The SMILES string of the molecule is CC(C)Oc1ccc2c(c1)C1(CCC(Nc3cccc(Cl)c3)(C(=O)O)CC1)C(c1cccc(Oc3ccccc3)c1)C2. The number of aliphatic carboxylic acids is 1. The van der Waals surface area contributed by atoms with Crippen LogP contribution in [0.1, 0.15) is 62.1 Å². The first-order valence-electron chi connectivity index (χ1n) is 14.7. The van der Waals surface area contributed by atoms with Crippen LogP contribution in [0.3, 0.4) is 0 Å². The normalized spacial score (nSPS) is 23.0. The number of carboxylic acid groups (broad SMARTS) is 1. The summed E-state index contributed by atoms with van der Waals surface area (Å²) in [4.78, 5) is 12.8. The molecule has 0 aromatic heterocycles. The number of ether oxygens (including phenoxy) is 2. The smallest absolute Gasteiger partial charge is 0.329 e. The molecule has 2 N–H and O–H groups in total. The Labute approximate surface area is 252 Å². The molecule has 1 unspecified atom stereocenters. The summed E-state index contributed by atoms with van der Waals surface area (Å²) in [5.74, 6) is 1.80. The minimum Gasteiger partial charge on any atom is -0.491 e. The molecule has 4 aromatic carbocycles. The highest BCUT2D eigenvalue weighted by molar-refractivity contribution is 6.30. The molecule has 1 fully saturated rings. The van der Waals surface area contributed by atoms with Crippen LogP contribution in [0.2, 0.25) is 5.02 Å². The highest BCUT2D eigenvalue weighted by Gasteiger charge is 2.54. The molecule has 5 nitrogen and oxygen atoms in total. The third kappa shape index (κ3) is 5.46. The van der Waals surface area contributed by atoms with Crippen molar-refractivity contribution in [2.45, 2.75) is 68.9 Å². The van der Waals surface area contributed by atoms with E-state index in [0.29, 0.717) is 17.9 Å². The third-order valence-corrected chi connectivity index (χ3v) is 9.17. The fraction of sp³-hybridized carbons (Fsp3) is 0.306. The van der Waals surface area contributed by atoms with E-state index >= 15 is 0 Å². The number of hydrogen-bond donors (Lipinski definition) is 2. The quantitative estimate of drug-likeness (QED) is 0.217. The molecule has 0 saturated heterocycles. The van der Waals surface area contributed by atoms with Crippen LogP contribution < -0.4 is 14.8 Å². The number of para-hydroxylation sites is 1. The Morgan fingerprint density at radius 1 is 0.857 bits per heavy atom. The average Bonchev–Trinajstić information content (AvgIpc) is 3.28. The number of halogens is 1. The van der Waals surface area contributed by atoms with Crippen LogP contribution in [-0.2, 0) is 16.6 Å². The minimum atomic E-state index is -1.08. The Balaban J connectivity index is 1.36. The molecular weight excluding hydrogens is 546 g/mol. The minimum absolute atomic E-state index is 0.0657. The zero-order valence-electron chi connectivity index (χ0n) is 24.0. The lowest BCUT2D eigenvalue weighted by Gasteiger charge is -2.47. The van der Waals surface area contributed by atoms with E-state index in [1.54, 1.807) is 12.1 Å². The number of nitrogens with one attached hydrogen (secondary N) is 1. The van der Waals surface area contributed by atoms with Gasteiger partial charge in [0.2, 0.25) is 0 Å². The van der Waals surface area contributed by atoms with E-state index in [0.717, 1.165) is 42.2 Å². The van der Waals surface area contributed by atoms with Crippen LogP contribution >= 0.6 is 11.6 Å². The molecule has 4 aromatic rings. The van der Waals surface area contributed by atoms with Gasteiger partial charge < -0.3 is 19.9 Å². The highest BCUT2D eigenvalue weighted by Crippen LogP contribution is 2.58. The van der Waals surface area contributed by atoms with Crippen molar-refractivity contribution in [1.29, 1.82) is 0 Å². The van der Waals surface area contributed by atoms with Crippen molar-refractivity contribution in [3.8, 4) is 17.2 Å². The standard InChI is InChI=1S/C36H36ClNO4/c1-24(2)41-31-15-14-26-21-32(25-8-6-13-30(20-25)42-29-11-4-3-5-12-29)35(33(26)23-31)16-18-36(19-17-35,34(39)40)38-28-10-7-9-27(37)22-28/h3-15,20,22-24,32,38H,16-19,21H2,1-2H3,(H,39,40). The summed E-state index contributed by atoms with van der Waals surface area (Å²) in [5, 5.41) is 14.5. The van der Waals surface area contributed by atoms with Gasteiger partial charge in [-0.15, -0.1) is 0 Å². The van der Waals surface area contributed by atoms with Crippen LogP contribution in [0, 0.1) is 0 Å². The van der Waals surface area contributed by atoms with Gasteiger partial charge in [0.25, 0.3) is 0 Å². The number of anilines is 1. The zero-order valence-corrected chi connectivity index (χ0v) is 24.7. The molecule has 216 valence electrons. The van der Waals surface area contributed by atoms with E-state index in [2.05, 4.69) is 41.7 Å². The topological polar surface area (TPSA) is 67.8 Å². The molecule has 2 aliphatic rings. The van der Waals surface area contributed by atoms with Crippen LogP contribution in [0.4, 0.5) is 5.69 Å². The van der Waals surface area contributed by atoms with Gasteiger partial charge in [-0.05, 0) is 123 Å². The Kier molecular flexibility index (Phi) is 7.63. The van der Waals surface area contributed by atoms with Gasteiger partial charge in [0.05, 0.1) is 6.10 Å². The third-order valence-electron chi connectivity index (χ3n) is 8.93. The fourth-order valence-electron chi connectivity index (χ4n) is 6.98. The predicted molar refractivity (Wildman–Crippen MR) is 167 cm³/mol. The second-order valence-electron chi connectivity index (χ2n) is 11.9. The number of benzene rings is 4. The fourth-order valence-corrected chi connectivity index (χ4v) is 7.17. The summed E-state index contributed by atoms with van der Waals surface area (Å²) >= 11 is 6.23. The van der Waals surface area contributed by atoms with E-state index < -0.39 is 11.5 Å². The van der Waals surface area contributed by atoms with Crippen LogP contribution in [0.5, 0.6) is 17.2 Å². The highest BCUT2D eigenvalue weighted by atomic mass is 35.5. The summed E-state index contributed by atoms with van der Waals surface area (Å²) < 4.78 is 12.3. The maximum atomic E-state index is 12.8. The van der Waals surface area contributed by atoms with Gasteiger partial charge in [0, 0.05) is 16.1 Å². The molecular formula is C36H36ClNO4. The Hall–Kier alpha value is -3.96. The van der Waals surface area contributed by atoms with E-state index in [-0.39, 0.29) is 17.4 Å². The summed E-state index contributed by atoms with van der Waals surface area (Å²) in [5.41, 5.74) is 3.21. The lowest BCUT2D eigenvalue weighted by atomic mass is 9.59. The number of carbonyl (C=O) groups is 1. The molecule has 6 rings (SSSR count). The van der Waals surface area contributed by atoms with E-state index in [1.165, 1.54) is 16.7 Å². The van der Waals surface area contributed by atoms with Gasteiger partial charge in [-0.25, -0.2) is 4.79 Å². The zero-order chi connectivity index (χ0) is 29.3. The second-order valence-corrected chi connectivity index (χ2v) is 12.3. The van der Waals surface area contributed by atoms with Crippen molar-refractivity contribution >= 4 is 23.3 Å². The molecule has 42 heavy (non-hydrogen) atoms. The average molecular weight is 582 g/mol. The molecule has 1 saturated carbocycles. The lowest BCUT2D eigenvalue weighted by molar-refractivity contribution is -0.144. The molecule has 0 radical (unpaired) electrons. The number of fused-ring (bicyclic) bond motifs is 2. The summed E-state index contributed by atoms with van der Waals surface area (Å²) in [6.07, 6.45) is 3.36. The maximum absolute atomic E-state index is 12.8. The Morgan fingerprint density at radius 2 is 1.60 bits per heavy atom. The van der Waals surface area contributed by atoms with E-state index in [9.17, 15) is 9.90 Å². The predicted octanol–water partition coefficient (Wildman–Crippen LogP) is 9.01. The molecule has 2 aliphatic carbocycles. The largest absolute Gasteiger partial charge is 0.491 e. The van der Waals surface area contributed by atoms with Crippen LogP contribution in [0.25, 0.3) is 0 Å². The van der Waals surface area contributed by atoms with Gasteiger partial charge in [0.1, 0.15) is 22.8 Å². The Bertz CT molecular complexity index is 1580. The van der Waals surface area contributed by atoms with Gasteiger partial charge in [-0.2, -0.15) is 0 Å². The molecule has 0 bridgehead atoms. The lowest BCUT2D eigenvalue weighted by Crippen LogP contribution is -2.52. The maximum Gasteiger partial charge on any atom is 0.329 e. The van der Waals surface area contributed by atoms with Gasteiger partial charge in [-0.1, -0.05) is 54.1 Å². The summed E-state index contributed by atoms with van der Waals surface area (Å²) in [6, 6.07) is 32.0. The number of hydrogen-bond acceptors (Lipinski definition) is 4. The molecule has 1 atom stereocenters. The molecule has 0 amide bonds. The van der Waals surface area contributed by atoms with Crippen molar-refractivity contribution in [2.24, 2.45) is 0 Å². The van der Waals surface area contributed by atoms with Crippen LogP contribution in [0.15, 0.2) is 97.1 Å². The van der Waals surface area contributed by atoms with Crippen LogP contribution in [-0.4, -0.2) is 22.7 Å². The van der Waals surface area contributed by atoms with Crippen molar-refractivity contribution < 1.29 is 19.4 Å². The first-order chi connectivity index (χ1) is 20.3. The van der Waals surface area contributed by atoms with E-state index in [4.69, 9.17) is 21.1 Å². The number of rotatable bonds is 8. The van der Waals surface area contributed by atoms with Gasteiger partial charge in [-0.3, -0.25) is 0 Å². The second kappa shape index (κ2) is 11.4. The monoisotopic (exact) mass is 581 g/mol. The molecule has 1 spiro atoms. The van der Waals surface area contributed by atoms with Crippen molar-refractivity contribution in [3.05, 3.63) is 119 Å². The van der Waals surface area contributed by atoms with Crippen molar-refractivity contribution in [2.75, 3.05) is 5.32 Å². The van der Waals surface area contributed by atoms with Gasteiger partial charge in [0.15, 0.2) is 0 Å². The summed E-state index contributed by atoms with van der Waals surface area (Å²) in [6.45, 7) is 4.07. The Morgan fingerprint density at radius 3 is 2.31 bits per heavy atom. The van der Waals surface area contributed by atoms with Crippen molar-refractivity contribution in [3.63, 3.8) is 0 Å². The molecule has 0 aliphatic heterocycles. The van der Waals surface area contributed by atoms with Crippen molar-refractivity contribution in [1.82, 2.24) is 0 Å².